The Morgan fingerprint density at radius 1 is 1.38 bits per heavy atom. The van der Waals surface area contributed by atoms with Crippen molar-refractivity contribution in [3.8, 4) is 10.6 Å². The molecule has 0 amide bonds. The molecule has 0 aromatic carbocycles. The molecule has 2 aromatic rings. The summed E-state index contributed by atoms with van der Waals surface area (Å²) in [6.07, 6.45) is 4.68. The van der Waals surface area contributed by atoms with Crippen molar-refractivity contribution in [1.29, 1.82) is 0 Å². The average molecular weight is 305 g/mol. The largest absolute Gasteiger partial charge is 0.355 e. The van der Waals surface area contributed by atoms with E-state index in [0.29, 0.717) is 12.1 Å². The SMILES string of the molecule is CCN(Cc1cc(-c2cccs2)on1)C1CCC(N)CC1. The van der Waals surface area contributed by atoms with Crippen molar-refractivity contribution in [3.63, 3.8) is 0 Å². The number of thiophene rings is 1. The van der Waals surface area contributed by atoms with Crippen molar-refractivity contribution in [2.45, 2.75) is 51.2 Å². The van der Waals surface area contributed by atoms with E-state index in [1.54, 1.807) is 11.3 Å². The summed E-state index contributed by atoms with van der Waals surface area (Å²) < 4.78 is 5.47. The fraction of sp³-hybridized carbons (Fsp3) is 0.562. The Kier molecular flexibility index (Phi) is 4.73. The van der Waals surface area contributed by atoms with E-state index < -0.39 is 0 Å². The van der Waals surface area contributed by atoms with Gasteiger partial charge in [-0.05, 0) is 43.7 Å². The molecule has 4 nitrogen and oxygen atoms in total. The van der Waals surface area contributed by atoms with E-state index in [9.17, 15) is 0 Å². The summed E-state index contributed by atoms with van der Waals surface area (Å²) >= 11 is 1.68. The van der Waals surface area contributed by atoms with Gasteiger partial charge in [0, 0.05) is 24.7 Å². The highest BCUT2D eigenvalue weighted by Crippen LogP contribution is 2.27. The van der Waals surface area contributed by atoms with Gasteiger partial charge in [-0.2, -0.15) is 0 Å². The summed E-state index contributed by atoms with van der Waals surface area (Å²) in [6, 6.07) is 7.21. The van der Waals surface area contributed by atoms with Gasteiger partial charge < -0.3 is 10.3 Å². The van der Waals surface area contributed by atoms with E-state index in [4.69, 9.17) is 10.3 Å². The lowest BCUT2D eigenvalue weighted by atomic mass is 9.90. The van der Waals surface area contributed by atoms with Crippen LogP contribution < -0.4 is 5.73 Å². The third-order valence-electron chi connectivity index (χ3n) is 4.35. The lowest BCUT2D eigenvalue weighted by molar-refractivity contribution is 0.146. The molecule has 2 heterocycles. The van der Waals surface area contributed by atoms with Crippen molar-refractivity contribution < 1.29 is 4.52 Å². The van der Waals surface area contributed by atoms with Crippen LogP contribution in [0.5, 0.6) is 0 Å². The maximum Gasteiger partial charge on any atom is 0.177 e. The van der Waals surface area contributed by atoms with Gasteiger partial charge >= 0.3 is 0 Å². The van der Waals surface area contributed by atoms with Crippen LogP contribution in [0.4, 0.5) is 0 Å². The molecule has 21 heavy (non-hydrogen) atoms. The molecule has 0 atom stereocenters. The quantitative estimate of drug-likeness (QED) is 0.918. The Morgan fingerprint density at radius 2 is 2.19 bits per heavy atom. The predicted molar refractivity (Wildman–Crippen MR) is 86.1 cm³/mol. The van der Waals surface area contributed by atoms with Crippen molar-refractivity contribution in [2.24, 2.45) is 5.73 Å². The van der Waals surface area contributed by atoms with Crippen LogP contribution in [0.25, 0.3) is 10.6 Å². The first-order chi connectivity index (χ1) is 10.3. The summed E-state index contributed by atoms with van der Waals surface area (Å²) in [5, 5.41) is 6.29. The van der Waals surface area contributed by atoms with Gasteiger partial charge in [0.15, 0.2) is 5.76 Å². The zero-order valence-corrected chi connectivity index (χ0v) is 13.3. The van der Waals surface area contributed by atoms with Gasteiger partial charge in [-0.1, -0.05) is 18.1 Å². The van der Waals surface area contributed by atoms with Crippen LogP contribution in [0.1, 0.15) is 38.3 Å². The van der Waals surface area contributed by atoms with Gasteiger partial charge in [0.1, 0.15) is 0 Å². The Labute approximate surface area is 129 Å². The minimum atomic E-state index is 0.400. The second-order valence-corrected chi connectivity index (χ2v) is 6.74. The topological polar surface area (TPSA) is 55.3 Å². The molecule has 0 aliphatic heterocycles. The second kappa shape index (κ2) is 6.73. The van der Waals surface area contributed by atoms with Crippen LogP contribution >= 0.6 is 11.3 Å². The molecule has 0 radical (unpaired) electrons. The van der Waals surface area contributed by atoms with E-state index in [-0.39, 0.29) is 0 Å². The molecule has 1 aliphatic rings. The molecule has 3 rings (SSSR count). The first kappa shape index (κ1) is 14.8. The van der Waals surface area contributed by atoms with Crippen LogP contribution in [0.15, 0.2) is 28.1 Å². The van der Waals surface area contributed by atoms with Crippen LogP contribution in [-0.4, -0.2) is 28.7 Å². The van der Waals surface area contributed by atoms with Gasteiger partial charge in [-0.3, -0.25) is 4.90 Å². The van der Waals surface area contributed by atoms with Gasteiger partial charge in [0.2, 0.25) is 0 Å². The fourth-order valence-electron chi connectivity index (χ4n) is 3.10. The average Bonchev–Trinajstić information content (AvgIpc) is 3.17. The van der Waals surface area contributed by atoms with Crippen molar-refractivity contribution in [1.82, 2.24) is 10.1 Å². The molecule has 5 heteroatoms. The van der Waals surface area contributed by atoms with E-state index in [1.807, 2.05) is 6.07 Å². The van der Waals surface area contributed by atoms with E-state index in [1.165, 1.54) is 12.8 Å². The molecular weight excluding hydrogens is 282 g/mol. The monoisotopic (exact) mass is 305 g/mol. The Bertz CT molecular complexity index is 544. The Hall–Kier alpha value is -1.17. The van der Waals surface area contributed by atoms with Gasteiger partial charge in [0.05, 0.1) is 10.6 Å². The third-order valence-corrected chi connectivity index (χ3v) is 5.24. The highest BCUT2D eigenvalue weighted by Gasteiger charge is 2.24. The summed E-state index contributed by atoms with van der Waals surface area (Å²) in [6.45, 7) is 4.13. The lowest BCUT2D eigenvalue weighted by Crippen LogP contribution is -2.40. The third kappa shape index (κ3) is 3.54. The van der Waals surface area contributed by atoms with E-state index in [0.717, 1.165) is 42.3 Å². The molecule has 0 bridgehead atoms. The first-order valence-corrected chi connectivity index (χ1v) is 8.63. The zero-order chi connectivity index (χ0) is 14.7. The van der Waals surface area contributed by atoms with Gasteiger partial charge in [0.25, 0.3) is 0 Å². The summed E-state index contributed by atoms with van der Waals surface area (Å²) in [4.78, 5) is 3.64. The first-order valence-electron chi connectivity index (χ1n) is 7.75. The Morgan fingerprint density at radius 3 is 2.86 bits per heavy atom. The summed E-state index contributed by atoms with van der Waals surface area (Å²) in [5.74, 6) is 0.877. The summed E-state index contributed by atoms with van der Waals surface area (Å²) in [5.41, 5.74) is 7.03. The number of hydrogen-bond acceptors (Lipinski definition) is 5. The van der Waals surface area contributed by atoms with Crippen LogP contribution in [0.2, 0.25) is 0 Å². The fourth-order valence-corrected chi connectivity index (χ4v) is 3.77. The van der Waals surface area contributed by atoms with Gasteiger partial charge in [-0.25, -0.2) is 0 Å². The molecule has 0 unspecified atom stereocenters. The molecule has 0 spiro atoms. The molecule has 1 fully saturated rings. The number of aromatic nitrogens is 1. The Balaban J connectivity index is 1.64. The lowest BCUT2D eigenvalue weighted by Gasteiger charge is -2.34. The number of hydrogen-bond donors (Lipinski definition) is 1. The van der Waals surface area contributed by atoms with E-state index >= 15 is 0 Å². The molecular formula is C16H23N3OS. The molecule has 2 aromatic heterocycles. The number of rotatable bonds is 5. The smallest absolute Gasteiger partial charge is 0.177 e. The summed E-state index contributed by atoms with van der Waals surface area (Å²) in [7, 11) is 0. The highest BCUT2D eigenvalue weighted by molar-refractivity contribution is 7.13. The number of nitrogens with two attached hydrogens (primary N) is 1. The number of nitrogens with zero attached hydrogens (tertiary/aromatic N) is 2. The zero-order valence-electron chi connectivity index (χ0n) is 12.5. The molecule has 2 N–H and O–H groups in total. The molecule has 114 valence electrons. The second-order valence-electron chi connectivity index (χ2n) is 5.79. The molecule has 0 saturated heterocycles. The van der Waals surface area contributed by atoms with Crippen molar-refractivity contribution >= 4 is 11.3 Å². The maximum atomic E-state index is 6.00. The minimum Gasteiger partial charge on any atom is -0.355 e. The standard InChI is InChI=1S/C16H23N3OS/c1-2-19(14-7-5-12(17)6-8-14)11-13-10-15(20-18-13)16-4-3-9-21-16/h3-4,9-10,12,14H,2,5-8,11,17H2,1H3. The van der Waals surface area contributed by atoms with Crippen molar-refractivity contribution in [2.75, 3.05) is 6.54 Å². The maximum absolute atomic E-state index is 6.00. The van der Waals surface area contributed by atoms with Crippen LogP contribution in [0.3, 0.4) is 0 Å². The van der Waals surface area contributed by atoms with Crippen LogP contribution in [0, 0.1) is 0 Å². The highest BCUT2D eigenvalue weighted by atomic mass is 32.1. The molecule has 1 saturated carbocycles. The normalized spacial score (nSPS) is 22.8. The minimum absolute atomic E-state index is 0.400. The van der Waals surface area contributed by atoms with Crippen LogP contribution in [-0.2, 0) is 6.54 Å². The van der Waals surface area contributed by atoms with Gasteiger partial charge in [-0.15, -0.1) is 11.3 Å². The molecule has 1 aliphatic carbocycles. The van der Waals surface area contributed by atoms with Crippen molar-refractivity contribution in [3.05, 3.63) is 29.3 Å². The van der Waals surface area contributed by atoms with E-state index in [2.05, 4.69) is 34.5 Å². The predicted octanol–water partition coefficient (Wildman–Crippen LogP) is 3.49.